The van der Waals surface area contributed by atoms with E-state index < -0.39 is 11.3 Å². The summed E-state index contributed by atoms with van der Waals surface area (Å²) in [5.74, 6) is 1.10. The van der Waals surface area contributed by atoms with Gasteiger partial charge in [0, 0.05) is 28.9 Å². The van der Waals surface area contributed by atoms with Crippen molar-refractivity contribution in [3.05, 3.63) is 41.3 Å². The predicted molar refractivity (Wildman–Crippen MR) is 102 cm³/mol. The highest BCUT2D eigenvalue weighted by Gasteiger charge is 2.22. The summed E-state index contributed by atoms with van der Waals surface area (Å²) < 4.78 is 22.5. The SMILES string of the molecule is Cc1ccc(N)cc1OS(=O)NC(C)c1nnc2cc(C(C)(C)C)[nH]n12. The molecule has 140 valence electrons. The van der Waals surface area contributed by atoms with Crippen molar-refractivity contribution in [2.45, 2.75) is 46.1 Å². The van der Waals surface area contributed by atoms with E-state index in [1.165, 1.54) is 0 Å². The Kier molecular flexibility index (Phi) is 4.76. The molecule has 0 bridgehead atoms. The minimum atomic E-state index is -1.76. The van der Waals surface area contributed by atoms with Gasteiger partial charge < -0.3 is 9.92 Å². The molecule has 26 heavy (non-hydrogen) atoms. The zero-order valence-corrected chi connectivity index (χ0v) is 16.3. The summed E-state index contributed by atoms with van der Waals surface area (Å²) in [6.45, 7) is 10.1. The first-order valence-electron chi connectivity index (χ1n) is 8.32. The molecule has 0 spiro atoms. The predicted octanol–water partition coefficient (Wildman–Crippen LogP) is 2.55. The summed E-state index contributed by atoms with van der Waals surface area (Å²) >= 11 is -1.76. The number of anilines is 1. The van der Waals surface area contributed by atoms with Gasteiger partial charge in [-0.2, -0.15) is 8.93 Å². The van der Waals surface area contributed by atoms with Crippen LogP contribution in [0.5, 0.6) is 5.75 Å². The van der Waals surface area contributed by atoms with Gasteiger partial charge >= 0.3 is 0 Å². The second-order valence-corrected chi connectivity index (χ2v) is 8.23. The summed E-state index contributed by atoms with van der Waals surface area (Å²) in [4.78, 5) is 0. The third kappa shape index (κ3) is 3.73. The number of fused-ring (bicyclic) bond motifs is 1. The number of nitrogen functional groups attached to an aromatic ring is 1. The van der Waals surface area contributed by atoms with Gasteiger partial charge in [0.05, 0.1) is 6.04 Å². The molecular formula is C17H24N6O2S. The lowest BCUT2D eigenvalue weighted by atomic mass is 9.93. The maximum atomic E-state index is 12.4. The summed E-state index contributed by atoms with van der Waals surface area (Å²) in [6, 6.07) is 6.85. The van der Waals surface area contributed by atoms with Gasteiger partial charge in [0.25, 0.3) is 11.3 Å². The van der Waals surface area contributed by atoms with Crippen LogP contribution in [0, 0.1) is 6.92 Å². The van der Waals surface area contributed by atoms with Crippen LogP contribution < -0.4 is 14.6 Å². The second kappa shape index (κ2) is 6.73. The molecular weight excluding hydrogens is 352 g/mol. The van der Waals surface area contributed by atoms with E-state index in [4.69, 9.17) is 9.92 Å². The van der Waals surface area contributed by atoms with E-state index in [2.05, 4.69) is 40.8 Å². The smallest absolute Gasteiger partial charge is 0.288 e. The third-order valence-electron chi connectivity index (χ3n) is 4.06. The van der Waals surface area contributed by atoms with Crippen molar-refractivity contribution in [2.75, 3.05) is 5.73 Å². The van der Waals surface area contributed by atoms with Gasteiger partial charge in [-0.3, -0.25) is 5.10 Å². The van der Waals surface area contributed by atoms with Crippen molar-refractivity contribution < 1.29 is 8.39 Å². The number of aryl methyl sites for hydroxylation is 1. The van der Waals surface area contributed by atoms with Crippen LogP contribution in [0.1, 0.15) is 50.8 Å². The molecule has 2 unspecified atom stereocenters. The lowest BCUT2D eigenvalue weighted by Crippen LogP contribution is -2.27. The third-order valence-corrected chi connectivity index (χ3v) is 4.94. The van der Waals surface area contributed by atoms with Crippen LogP contribution in [0.2, 0.25) is 0 Å². The molecule has 0 aliphatic rings. The number of aromatic amines is 1. The number of benzene rings is 1. The number of aromatic nitrogens is 4. The monoisotopic (exact) mass is 376 g/mol. The fraction of sp³-hybridized carbons (Fsp3) is 0.412. The number of H-pyrrole nitrogens is 1. The van der Waals surface area contributed by atoms with Gasteiger partial charge in [-0.05, 0) is 25.5 Å². The normalized spacial score (nSPS) is 14.5. The molecule has 0 fully saturated rings. The van der Waals surface area contributed by atoms with E-state index >= 15 is 0 Å². The molecule has 0 saturated heterocycles. The van der Waals surface area contributed by atoms with Gasteiger partial charge in [0.15, 0.2) is 11.5 Å². The van der Waals surface area contributed by atoms with Gasteiger partial charge in [-0.1, -0.05) is 26.8 Å². The number of nitrogens with one attached hydrogen (secondary N) is 2. The molecule has 2 atom stereocenters. The molecule has 0 saturated carbocycles. The molecule has 3 rings (SSSR count). The summed E-state index contributed by atoms with van der Waals surface area (Å²) in [5.41, 5.74) is 8.89. The average Bonchev–Trinajstić information content (AvgIpc) is 3.10. The van der Waals surface area contributed by atoms with Crippen LogP contribution in [0.15, 0.2) is 24.3 Å². The molecule has 3 aromatic rings. The Morgan fingerprint density at radius 1 is 1.31 bits per heavy atom. The Balaban J connectivity index is 1.76. The van der Waals surface area contributed by atoms with E-state index in [1.54, 1.807) is 16.6 Å². The molecule has 8 nitrogen and oxygen atoms in total. The fourth-order valence-corrected chi connectivity index (χ4v) is 3.26. The maximum Gasteiger partial charge on any atom is 0.288 e. The van der Waals surface area contributed by atoms with Gasteiger partial charge in [0.1, 0.15) is 5.75 Å². The number of hydrogen-bond donors (Lipinski definition) is 3. The Morgan fingerprint density at radius 3 is 2.73 bits per heavy atom. The van der Waals surface area contributed by atoms with Crippen molar-refractivity contribution in [1.29, 1.82) is 0 Å². The maximum absolute atomic E-state index is 12.4. The van der Waals surface area contributed by atoms with Crippen LogP contribution in [0.25, 0.3) is 5.65 Å². The first kappa shape index (κ1) is 18.4. The van der Waals surface area contributed by atoms with Crippen molar-refractivity contribution in [3.8, 4) is 5.75 Å². The largest absolute Gasteiger partial charge is 0.399 e. The second-order valence-electron chi connectivity index (χ2n) is 7.35. The minimum Gasteiger partial charge on any atom is -0.399 e. The van der Waals surface area contributed by atoms with Crippen LogP contribution in [-0.2, 0) is 16.7 Å². The highest BCUT2D eigenvalue weighted by molar-refractivity contribution is 7.78. The average molecular weight is 376 g/mol. The van der Waals surface area contributed by atoms with E-state index in [0.29, 0.717) is 17.3 Å². The topological polar surface area (TPSA) is 110 Å². The van der Waals surface area contributed by atoms with Crippen LogP contribution in [0.3, 0.4) is 0 Å². The number of rotatable bonds is 5. The van der Waals surface area contributed by atoms with E-state index in [0.717, 1.165) is 16.9 Å². The van der Waals surface area contributed by atoms with Crippen molar-refractivity contribution in [1.82, 2.24) is 24.5 Å². The summed E-state index contributed by atoms with van der Waals surface area (Å²) in [7, 11) is 0. The molecule has 0 aliphatic heterocycles. The Bertz CT molecular complexity index is 956. The Hall–Kier alpha value is -2.39. The first-order chi connectivity index (χ1) is 12.1. The highest BCUT2D eigenvalue weighted by Crippen LogP contribution is 2.24. The quantitative estimate of drug-likeness (QED) is 0.593. The van der Waals surface area contributed by atoms with Gasteiger partial charge in [0.2, 0.25) is 0 Å². The molecule has 9 heteroatoms. The van der Waals surface area contributed by atoms with E-state index in [1.807, 2.05) is 26.0 Å². The fourth-order valence-electron chi connectivity index (χ4n) is 2.47. The van der Waals surface area contributed by atoms with Crippen molar-refractivity contribution in [3.63, 3.8) is 0 Å². The standard InChI is InChI=1S/C17H24N6O2S/c1-10-6-7-12(18)8-13(10)25-26(24)22-11(2)16-20-19-15-9-14(17(3,4)5)21-23(15)16/h6-9,11,21-22H,18H2,1-5H3. The number of nitrogens with zero attached hydrogens (tertiary/aromatic N) is 3. The zero-order chi connectivity index (χ0) is 19.1. The Labute approximate surface area is 154 Å². The molecule has 0 amide bonds. The molecule has 2 heterocycles. The molecule has 0 radical (unpaired) electrons. The molecule has 4 N–H and O–H groups in total. The summed E-state index contributed by atoms with van der Waals surface area (Å²) in [5, 5.41) is 11.7. The Morgan fingerprint density at radius 2 is 2.04 bits per heavy atom. The molecule has 2 aromatic heterocycles. The highest BCUT2D eigenvalue weighted by atomic mass is 32.2. The van der Waals surface area contributed by atoms with E-state index in [9.17, 15) is 4.21 Å². The molecule has 0 aliphatic carbocycles. The van der Waals surface area contributed by atoms with Crippen LogP contribution in [-0.4, -0.2) is 24.0 Å². The van der Waals surface area contributed by atoms with E-state index in [-0.39, 0.29) is 11.5 Å². The zero-order valence-electron chi connectivity index (χ0n) is 15.5. The molecule has 1 aromatic carbocycles. The lowest BCUT2D eigenvalue weighted by molar-refractivity contribution is 0.522. The van der Waals surface area contributed by atoms with Gasteiger partial charge in [-0.15, -0.1) is 10.2 Å². The van der Waals surface area contributed by atoms with Crippen molar-refractivity contribution >= 4 is 22.6 Å². The van der Waals surface area contributed by atoms with Gasteiger partial charge in [-0.25, -0.2) is 4.52 Å². The van der Waals surface area contributed by atoms with Crippen LogP contribution in [0.4, 0.5) is 5.69 Å². The number of nitrogens with two attached hydrogens (primary N) is 1. The minimum absolute atomic E-state index is 0.0364. The van der Waals surface area contributed by atoms with Crippen molar-refractivity contribution in [2.24, 2.45) is 0 Å². The summed E-state index contributed by atoms with van der Waals surface area (Å²) in [6.07, 6.45) is 0. The first-order valence-corrected chi connectivity index (χ1v) is 9.39. The lowest BCUT2D eigenvalue weighted by Gasteiger charge is -2.16. The number of hydrogen-bond acceptors (Lipinski definition) is 5. The van der Waals surface area contributed by atoms with Crippen LogP contribution >= 0.6 is 0 Å².